The van der Waals surface area contributed by atoms with Gasteiger partial charge in [0, 0.05) is 25.5 Å². The molecule has 1 aliphatic heterocycles. The SMILES string of the molecule is CC(C)COc1cc(CNCC2CCNC2)cc(CNC(=O)c2cccnc2)c1. The third-order valence-corrected chi connectivity index (χ3v) is 4.91. The Kier molecular flexibility index (Phi) is 8.02. The second-order valence-electron chi connectivity index (χ2n) is 8.10. The molecule has 2 heterocycles. The highest BCUT2D eigenvalue weighted by molar-refractivity contribution is 5.93. The van der Waals surface area contributed by atoms with E-state index in [0.29, 0.717) is 30.6 Å². The number of nitrogens with one attached hydrogen (secondary N) is 3. The van der Waals surface area contributed by atoms with E-state index in [0.717, 1.165) is 37.5 Å². The standard InChI is InChI=1S/C23H32N4O2/c1-17(2)16-29-22-9-19(13-26-12-18-5-7-25-11-18)8-20(10-22)14-27-23(28)21-4-3-6-24-15-21/h3-4,6,8-10,15,17-18,25-26H,5,7,11-14,16H2,1-2H3,(H,27,28). The maximum absolute atomic E-state index is 12.3. The zero-order valence-corrected chi connectivity index (χ0v) is 17.4. The molecular formula is C23H32N4O2. The molecule has 6 nitrogen and oxygen atoms in total. The molecule has 1 amide bonds. The molecule has 0 saturated carbocycles. The fraction of sp³-hybridized carbons (Fsp3) is 0.478. The fourth-order valence-corrected chi connectivity index (χ4v) is 3.37. The van der Waals surface area contributed by atoms with Crippen molar-refractivity contribution in [3.63, 3.8) is 0 Å². The summed E-state index contributed by atoms with van der Waals surface area (Å²) in [5.74, 6) is 1.89. The highest BCUT2D eigenvalue weighted by Gasteiger charge is 2.14. The molecule has 0 spiro atoms. The Morgan fingerprint density at radius 2 is 2.10 bits per heavy atom. The van der Waals surface area contributed by atoms with Crippen LogP contribution in [0.2, 0.25) is 0 Å². The summed E-state index contributed by atoms with van der Waals surface area (Å²) in [6, 6.07) is 9.76. The smallest absolute Gasteiger partial charge is 0.253 e. The molecule has 1 saturated heterocycles. The summed E-state index contributed by atoms with van der Waals surface area (Å²) >= 11 is 0. The van der Waals surface area contributed by atoms with Gasteiger partial charge in [-0.25, -0.2) is 0 Å². The Morgan fingerprint density at radius 1 is 1.28 bits per heavy atom. The molecule has 2 aromatic rings. The summed E-state index contributed by atoms with van der Waals surface area (Å²) in [5.41, 5.74) is 2.76. The van der Waals surface area contributed by atoms with Crippen molar-refractivity contribution in [2.75, 3.05) is 26.2 Å². The first-order valence-corrected chi connectivity index (χ1v) is 10.5. The van der Waals surface area contributed by atoms with Gasteiger partial charge in [0.05, 0.1) is 12.2 Å². The third kappa shape index (κ3) is 7.15. The van der Waals surface area contributed by atoms with E-state index in [9.17, 15) is 4.79 Å². The Hall–Kier alpha value is -2.44. The number of hydrogen-bond acceptors (Lipinski definition) is 5. The third-order valence-electron chi connectivity index (χ3n) is 4.91. The van der Waals surface area contributed by atoms with E-state index >= 15 is 0 Å². The van der Waals surface area contributed by atoms with Gasteiger partial charge in [-0.1, -0.05) is 19.9 Å². The Balaban J connectivity index is 1.61. The number of pyridine rings is 1. The van der Waals surface area contributed by atoms with E-state index in [4.69, 9.17) is 4.74 Å². The quantitative estimate of drug-likeness (QED) is 0.576. The highest BCUT2D eigenvalue weighted by atomic mass is 16.5. The Morgan fingerprint density at radius 3 is 2.79 bits per heavy atom. The van der Waals surface area contributed by atoms with E-state index < -0.39 is 0 Å². The maximum atomic E-state index is 12.3. The van der Waals surface area contributed by atoms with Gasteiger partial charge in [-0.05, 0) is 73.3 Å². The molecule has 29 heavy (non-hydrogen) atoms. The summed E-state index contributed by atoms with van der Waals surface area (Å²) in [6.07, 6.45) is 4.47. The lowest BCUT2D eigenvalue weighted by atomic mass is 10.1. The van der Waals surface area contributed by atoms with Crippen LogP contribution < -0.4 is 20.7 Å². The van der Waals surface area contributed by atoms with Crippen molar-refractivity contribution in [1.29, 1.82) is 0 Å². The molecule has 0 bridgehead atoms. The van der Waals surface area contributed by atoms with Gasteiger partial charge in [-0.3, -0.25) is 9.78 Å². The first kappa shape index (κ1) is 21.3. The van der Waals surface area contributed by atoms with E-state index in [1.165, 1.54) is 12.0 Å². The van der Waals surface area contributed by atoms with Crippen LogP contribution in [0, 0.1) is 11.8 Å². The topological polar surface area (TPSA) is 75.3 Å². The van der Waals surface area contributed by atoms with E-state index in [2.05, 4.69) is 46.9 Å². The van der Waals surface area contributed by atoms with Gasteiger partial charge >= 0.3 is 0 Å². The minimum atomic E-state index is -0.125. The minimum Gasteiger partial charge on any atom is -0.493 e. The average Bonchev–Trinajstić information content (AvgIpc) is 3.24. The predicted molar refractivity (Wildman–Crippen MR) is 115 cm³/mol. The molecule has 0 aliphatic carbocycles. The van der Waals surface area contributed by atoms with Crippen LogP contribution in [-0.2, 0) is 13.1 Å². The maximum Gasteiger partial charge on any atom is 0.253 e. The number of aromatic nitrogens is 1. The second-order valence-corrected chi connectivity index (χ2v) is 8.10. The molecule has 6 heteroatoms. The minimum absolute atomic E-state index is 0.125. The summed E-state index contributed by atoms with van der Waals surface area (Å²) < 4.78 is 5.96. The van der Waals surface area contributed by atoms with Gasteiger partial charge in [0.15, 0.2) is 0 Å². The Bertz CT molecular complexity index is 774. The zero-order valence-electron chi connectivity index (χ0n) is 17.4. The van der Waals surface area contributed by atoms with Gasteiger partial charge in [-0.2, -0.15) is 0 Å². The summed E-state index contributed by atoms with van der Waals surface area (Å²) in [6.45, 7) is 9.41. The van der Waals surface area contributed by atoms with Crippen LogP contribution in [0.4, 0.5) is 0 Å². The number of benzene rings is 1. The second kappa shape index (κ2) is 10.9. The first-order valence-electron chi connectivity index (χ1n) is 10.5. The molecule has 1 aromatic carbocycles. The molecule has 1 unspecified atom stereocenters. The number of rotatable bonds is 10. The molecule has 1 atom stereocenters. The van der Waals surface area contributed by atoms with Crippen molar-refractivity contribution in [3.8, 4) is 5.75 Å². The van der Waals surface area contributed by atoms with E-state index in [-0.39, 0.29) is 5.91 Å². The van der Waals surface area contributed by atoms with Crippen LogP contribution >= 0.6 is 0 Å². The van der Waals surface area contributed by atoms with Crippen LogP contribution in [-0.4, -0.2) is 37.1 Å². The van der Waals surface area contributed by atoms with E-state index in [1.807, 2.05) is 6.07 Å². The monoisotopic (exact) mass is 396 g/mol. The lowest BCUT2D eigenvalue weighted by molar-refractivity contribution is 0.0950. The lowest BCUT2D eigenvalue weighted by Crippen LogP contribution is -2.25. The number of nitrogens with zero attached hydrogens (tertiary/aromatic N) is 1. The van der Waals surface area contributed by atoms with Crippen molar-refractivity contribution in [1.82, 2.24) is 20.9 Å². The zero-order chi connectivity index (χ0) is 20.5. The number of carbonyl (C=O) groups excluding carboxylic acids is 1. The van der Waals surface area contributed by atoms with Crippen LogP contribution in [0.15, 0.2) is 42.7 Å². The lowest BCUT2D eigenvalue weighted by Gasteiger charge is -2.15. The van der Waals surface area contributed by atoms with Gasteiger partial charge in [0.1, 0.15) is 5.75 Å². The molecule has 1 aliphatic rings. The molecule has 3 rings (SSSR count). The number of hydrogen-bond donors (Lipinski definition) is 3. The number of amides is 1. The van der Waals surface area contributed by atoms with Crippen molar-refractivity contribution in [2.24, 2.45) is 11.8 Å². The van der Waals surface area contributed by atoms with Gasteiger partial charge in [-0.15, -0.1) is 0 Å². The van der Waals surface area contributed by atoms with E-state index in [1.54, 1.807) is 24.5 Å². The highest BCUT2D eigenvalue weighted by Crippen LogP contribution is 2.19. The molecule has 156 valence electrons. The van der Waals surface area contributed by atoms with Crippen LogP contribution in [0.3, 0.4) is 0 Å². The molecule has 1 fully saturated rings. The Labute approximate surface area is 173 Å². The van der Waals surface area contributed by atoms with Crippen LogP contribution in [0.5, 0.6) is 5.75 Å². The molecular weight excluding hydrogens is 364 g/mol. The summed E-state index contributed by atoms with van der Waals surface area (Å²) in [4.78, 5) is 16.3. The first-order chi connectivity index (χ1) is 14.1. The normalized spacial score (nSPS) is 16.2. The molecule has 0 radical (unpaired) electrons. The van der Waals surface area contributed by atoms with Gasteiger partial charge in [0.25, 0.3) is 5.91 Å². The number of ether oxygens (including phenoxy) is 1. The molecule has 3 N–H and O–H groups in total. The number of carbonyl (C=O) groups is 1. The van der Waals surface area contributed by atoms with Crippen molar-refractivity contribution in [2.45, 2.75) is 33.4 Å². The van der Waals surface area contributed by atoms with Crippen LogP contribution in [0.1, 0.15) is 41.8 Å². The van der Waals surface area contributed by atoms with Gasteiger partial charge in [0.2, 0.25) is 0 Å². The summed E-state index contributed by atoms with van der Waals surface area (Å²) in [5, 5.41) is 9.94. The van der Waals surface area contributed by atoms with Crippen molar-refractivity contribution < 1.29 is 9.53 Å². The average molecular weight is 397 g/mol. The van der Waals surface area contributed by atoms with Gasteiger partial charge < -0.3 is 20.7 Å². The predicted octanol–water partition coefficient (Wildman–Crippen LogP) is 2.75. The largest absolute Gasteiger partial charge is 0.493 e. The van der Waals surface area contributed by atoms with Crippen molar-refractivity contribution >= 4 is 5.91 Å². The van der Waals surface area contributed by atoms with Crippen LogP contribution in [0.25, 0.3) is 0 Å². The fourth-order valence-electron chi connectivity index (χ4n) is 3.37. The molecule has 1 aromatic heterocycles. The summed E-state index contributed by atoms with van der Waals surface area (Å²) in [7, 11) is 0. The van der Waals surface area contributed by atoms with Crippen molar-refractivity contribution in [3.05, 3.63) is 59.4 Å².